The summed E-state index contributed by atoms with van der Waals surface area (Å²) in [6, 6.07) is 2.03. The second kappa shape index (κ2) is 9.95. The lowest BCUT2D eigenvalue weighted by Gasteiger charge is -2.25. The minimum atomic E-state index is -1.90. The molecule has 0 radical (unpaired) electrons. The zero-order valence-corrected chi connectivity index (χ0v) is 15.3. The molecular weight excluding hydrogens is 270 g/mol. The molecule has 17 heavy (non-hydrogen) atoms. The van der Waals surface area contributed by atoms with Crippen LogP contribution in [0.5, 0.6) is 0 Å². The van der Waals surface area contributed by atoms with Crippen LogP contribution in [0.25, 0.3) is 0 Å². The van der Waals surface area contributed by atoms with E-state index in [9.17, 15) is 0 Å². The molecule has 0 aromatic carbocycles. The highest BCUT2D eigenvalue weighted by Gasteiger charge is 2.25. The Bertz CT molecular complexity index is 235. The molecule has 0 rings (SSSR count). The quantitative estimate of drug-likeness (QED) is 0.425. The van der Waals surface area contributed by atoms with Crippen LogP contribution < -0.4 is 0 Å². The molecule has 0 aliphatic heterocycles. The number of nitriles is 1. The van der Waals surface area contributed by atoms with E-state index >= 15 is 0 Å². The van der Waals surface area contributed by atoms with Crippen LogP contribution in [0.1, 0.15) is 12.8 Å². The highest BCUT2D eigenvalue weighted by Crippen LogP contribution is 2.07. The number of ether oxygens (including phenoxy) is 1. The number of hydrogen-bond donors (Lipinski definition) is 0. The Morgan fingerprint density at radius 1 is 1.29 bits per heavy atom. The molecule has 0 saturated heterocycles. The molecule has 0 fully saturated rings. The van der Waals surface area contributed by atoms with Gasteiger partial charge in [-0.25, -0.2) is 0 Å². The molecule has 0 aliphatic carbocycles. The van der Waals surface area contributed by atoms with Gasteiger partial charge in [0.15, 0.2) is 0 Å². The van der Waals surface area contributed by atoms with E-state index < -0.39 is 17.8 Å². The summed E-state index contributed by atoms with van der Waals surface area (Å²) < 4.78 is 22.1. The number of hydrogen-bond acceptors (Lipinski definition) is 5. The topological polar surface area (TPSA) is 60.7 Å². The molecule has 0 bridgehead atoms. The van der Waals surface area contributed by atoms with E-state index in [1.165, 1.54) is 0 Å². The molecule has 0 heterocycles. The van der Waals surface area contributed by atoms with Gasteiger partial charge in [0, 0.05) is 13.2 Å². The van der Waals surface area contributed by atoms with Crippen molar-refractivity contribution in [3.05, 3.63) is 0 Å². The van der Waals surface area contributed by atoms with Crippen molar-refractivity contribution in [1.29, 1.82) is 5.26 Å². The first-order valence-corrected chi connectivity index (χ1v) is 11.5. The smallest absolute Gasteiger partial charge is 0.311 e. The van der Waals surface area contributed by atoms with Crippen LogP contribution in [-0.4, -0.2) is 48.2 Å². The second-order valence-electron chi connectivity index (χ2n) is 4.03. The van der Waals surface area contributed by atoms with Crippen molar-refractivity contribution in [3.8, 4) is 6.07 Å². The number of nitrogens with zero attached hydrogens (tertiary/aromatic N) is 1. The maximum atomic E-state index is 8.30. The van der Waals surface area contributed by atoms with Crippen LogP contribution >= 0.6 is 0 Å². The van der Waals surface area contributed by atoms with Gasteiger partial charge in [-0.05, 0) is 26.1 Å². The molecule has 0 aliphatic rings. The predicted octanol–water partition coefficient (Wildman–Crippen LogP) is 0.189. The fourth-order valence-corrected chi connectivity index (χ4v) is 6.33. The first-order chi connectivity index (χ1) is 8.02. The zero-order valence-electron chi connectivity index (χ0n) is 11.2. The summed E-state index contributed by atoms with van der Waals surface area (Å²) in [7, 11) is -2.74. The van der Waals surface area contributed by atoms with Crippen molar-refractivity contribution in [1.82, 2.24) is 0 Å². The largest absolute Gasteiger partial charge is 0.445 e. The third kappa shape index (κ3) is 10.8. The lowest BCUT2D eigenvalue weighted by Crippen LogP contribution is -2.40. The van der Waals surface area contributed by atoms with Crippen molar-refractivity contribution >= 4 is 28.3 Å². The first kappa shape index (κ1) is 17.0. The van der Waals surface area contributed by atoms with E-state index in [4.69, 9.17) is 22.7 Å². The summed E-state index contributed by atoms with van der Waals surface area (Å²) >= 11 is 0. The fourth-order valence-electron chi connectivity index (χ4n) is 1.11. The SMILES string of the molecule is C[SiH](OCCCOCCC#N)O[Si](C)(C)O[SiH3]. The van der Waals surface area contributed by atoms with Gasteiger partial charge in [-0.1, -0.05) is 0 Å². The monoisotopic (exact) mass is 293 g/mol. The third-order valence-electron chi connectivity index (χ3n) is 2.09. The molecule has 8 heteroatoms. The van der Waals surface area contributed by atoms with Crippen molar-refractivity contribution < 1.29 is 17.4 Å². The maximum absolute atomic E-state index is 8.30. The molecule has 0 aromatic rings. The van der Waals surface area contributed by atoms with Gasteiger partial charge in [-0.2, -0.15) is 5.26 Å². The summed E-state index contributed by atoms with van der Waals surface area (Å²) in [5.41, 5.74) is 0. The Balaban J connectivity index is 3.40. The lowest BCUT2D eigenvalue weighted by atomic mass is 10.5. The first-order valence-electron chi connectivity index (χ1n) is 5.81. The van der Waals surface area contributed by atoms with Crippen LogP contribution in [0.2, 0.25) is 19.6 Å². The van der Waals surface area contributed by atoms with E-state index in [1.54, 1.807) is 0 Å². The Morgan fingerprint density at radius 2 is 2.00 bits per heavy atom. The van der Waals surface area contributed by atoms with Gasteiger partial charge in [-0.15, -0.1) is 0 Å². The third-order valence-corrected chi connectivity index (χ3v) is 10.3. The van der Waals surface area contributed by atoms with Gasteiger partial charge < -0.3 is 17.4 Å². The van der Waals surface area contributed by atoms with E-state index in [2.05, 4.69) is 0 Å². The number of rotatable bonds is 10. The minimum absolute atomic E-state index is 0.451. The Kier molecular flexibility index (Phi) is 9.94. The highest BCUT2D eigenvalue weighted by molar-refractivity contribution is 6.73. The molecule has 1 atom stereocenters. The van der Waals surface area contributed by atoms with Crippen molar-refractivity contribution in [2.45, 2.75) is 32.5 Å². The summed E-state index contributed by atoms with van der Waals surface area (Å²) in [5, 5.41) is 8.30. The van der Waals surface area contributed by atoms with Crippen molar-refractivity contribution in [2.24, 2.45) is 0 Å². The highest BCUT2D eigenvalue weighted by atomic mass is 28.4. The van der Waals surface area contributed by atoms with Crippen molar-refractivity contribution in [3.63, 3.8) is 0 Å². The standard InChI is InChI=1S/C9H23NO4Si3/c1-16(14-17(2,3)13-15)12-9-5-8-11-7-4-6-10/h16H,4-5,7-9H2,1-3,15H3. The predicted molar refractivity (Wildman–Crippen MR) is 74.2 cm³/mol. The van der Waals surface area contributed by atoms with Crippen molar-refractivity contribution in [2.75, 3.05) is 19.8 Å². The van der Waals surface area contributed by atoms with E-state index in [0.29, 0.717) is 36.7 Å². The van der Waals surface area contributed by atoms with Gasteiger partial charge in [0.25, 0.3) is 0 Å². The maximum Gasteiger partial charge on any atom is 0.311 e. The van der Waals surface area contributed by atoms with Gasteiger partial charge >= 0.3 is 17.8 Å². The van der Waals surface area contributed by atoms with E-state index in [0.717, 1.165) is 6.42 Å². The molecule has 100 valence electrons. The Morgan fingerprint density at radius 3 is 2.59 bits per heavy atom. The second-order valence-corrected chi connectivity index (χ2v) is 10.9. The normalized spacial score (nSPS) is 13.5. The van der Waals surface area contributed by atoms with Crippen LogP contribution in [0, 0.1) is 11.3 Å². The minimum Gasteiger partial charge on any atom is -0.445 e. The van der Waals surface area contributed by atoms with Gasteiger partial charge in [-0.3, -0.25) is 0 Å². The van der Waals surface area contributed by atoms with Gasteiger partial charge in [0.1, 0.15) is 10.5 Å². The molecule has 5 nitrogen and oxygen atoms in total. The Labute approximate surface area is 110 Å². The Hall–Kier alpha value is -0.0194. The molecule has 1 unspecified atom stereocenters. The molecule has 0 N–H and O–H groups in total. The van der Waals surface area contributed by atoms with Gasteiger partial charge in [0.2, 0.25) is 0 Å². The molecular formula is C9H23NO4Si3. The van der Waals surface area contributed by atoms with Gasteiger partial charge in [0.05, 0.1) is 19.1 Å². The summed E-state index contributed by atoms with van der Waals surface area (Å²) in [5.74, 6) is 0. The summed E-state index contributed by atoms with van der Waals surface area (Å²) in [6.07, 6.45) is 1.29. The molecule has 0 spiro atoms. The van der Waals surface area contributed by atoms with Crippen LogP contribution in [0.3, 0.4) is 0 Å². The lowest BCUT2D eigenvalue weighted by molar-refractivity contribution is 0.120. The molecule has 0 amide bonds. The molecule has 0 saturated carbocycles. The average molecular weight is 294 g/mol. The van der Waals surface area contributed by atoms with E-state index in [-0.39, 0.29) is 0 Å². The van der Waals surface area contributed by atoms with Crippen LogP contribution in [0.15, 0.2) is 0 Å². The average Bonchev–Trinajstić information content (AvgIpc) is 2.27. The van der Waals surface area contributed by atoms with Crippen LogP contribution in [0.4, 0.5) is 0 Å². The van der Waals surface area contributed by atoms with E-state index in [1.807, 2.05) is 25.7 Å². The zero-order chi connectivity index (χ0) is 13.1. The molecule has 0 aromatic heterocycles. The summed E-state index contributed by atoms with van der Waals surface area (Å²) in [4.78, 5) is 0. The fraction of sp³-hybridized carbons (Fsp3) is 0.889. The van der Waals surface area contributed by atoms with Crippen LogP contribution in [-0.2, 0) is 17.4 Å². The summed E-state index contributed by atoms with van der Waals surface area (Å²) in [6.45, 7) is 7.90.